The van der Waals surface area contributed by atoms with Crippen LogP contribution in [-0.4, -0.2) is 11.6 Å². The zero-order valence-corrected chi connectivity index (χ0v) is 7.42. The van der Waals surface area contributed by atoms with Crippen molar-refractivity contribution >= 4 is 0 Å². The van der Waals surface area contributed by atoms with E-state index in [-0.39, 0.29) is 0 Å². The summed E-state index contributed by atoms with van der Waals surface area (Å²) in [4.78, 5) is 4.12. The van der Waals surface area contributed by atoms with Gasteiger partial charge in [0, 0.05) is 11.8 Å². The lowest BCUT2D eigenvalue weighted by atomic mass is 10.2. The highest BCUT2D eigenvalue weighted by molar-refractivity contribution is 5.25. The number of nitrogens with zero attached hydrogens (tertiary/aromatic N) is 1. The van der Waals surface area contributed by atoms with Crippen LogP contribution in [0.1, 0.15) is 18.9 Å². The van der Waals surface area contributed by atoms with Gasteiger partial charge in [0.1, 0.15) is 0 Å². The minimum absolute atomic E-state index is 0.726. The van der Waals surface area contributed by atoms with Crippen LogP contribution in [0.4, 0.5) is 0 Å². The third-order valence-electron chi connectivity index (χ3n) is 1.56. The third kappa shape index (κ3) is 2.22. The van der Waals surface area contributed by atoms with Gasteiger partial charge in [-0.05, 0) is 25.8 Å². The highest BCUT2D eigenvalue weighted by Gasteiger charge is 2.00. The van der Waals surface area contributed by atoms with Crippen LogP contribution in [0.15, 0.2) is 18.3 Å². The maximum absolute atomic E-state index is 5.43. The predicted octanol–water partition coefficient (Wildman–Crippen LogP) is 2.25. The Bertz CT molecular complexity index is 235. The van der Waals surface area contributed by atoms with Crippen LogP contribution < -0.4 is 4.74 Å². The first kappa shape index (κ1) is 9.04. The van der Waals surface area contributed by atoms with Gasteiger partial charge in [0.25, 0.3) is 0 Å². The summed E-state index contributed by atoms with van der Waals surface area (Å²) in [5.74, 6) is 0.731. The smallest absolute Gasteiger partial charge is 0.216 e. The molecule has 2 nitrogen and oxygen atoms in total. The zero-order chi connectivity index (χ0) is 8.81. The molecule has 2 heteroatoms. The van der Waals surface area contributed by atoms with Gasteiger partial charge in [0.05, 0.1) is 6.61 Å². The van der Waals surface area contributed by atoms with Gasteiger partial charge >= 0.3 is 0 Å². The molecule has 0 fully saturated rings. The van der Waals surface area contributed by atoms with Gasteiger partial charge in [-0.1, -0.05) is 13.0 Å². The van der Waals surface area contributed by atoms with Crippen molar-refractivity contribution in [2.24, 2.45) is 0 Å². The molecule has 12 heavy (non-hydrogen) atoms. The Morgan fingerprint density at radius 2 is 2.42 bits per heavy atom. The molecule has 1 heterocycles. The van der Waals surface area contributed by atoms with Crippen LogP contribution in [0.25, 0.3) is 0 Å². The first-order valence-electron chi connectivity index (χ1n) is 4.24. The Balaban J connectivity index is 2.68. The second-order valence-corrected chi connectivity index (χ2v) is 2.57. The molecule has 1 rings (SSSR count). The first-order chi connectivity index (χ1) is 5.88. The largest absolute Gasteiger partial charge is 0.477 e. The second-order valence-electron chi connectivity index (χ2n) is 2.57. The van der Waals surface area contributed by atoms with E-state index in [0.717, 1.165) is 30.9 Å². The summed E-state index contributed by atoms with van der Waals surface area (Å²) in [6.45, 7) is 6.61. The summed E-state index contributed by atoms with van der Waals surface area (Å²) < 4.78 is 5.43. The van der Waals surface area contributed by atoms with E-state index in [1.54, 1.807) is 6.20 Å². The molecular formula is C10H14NO. The molecule has 0 saturated carbocycles. The number of rotatable bonds is 4. The van der Waals surface area contributed by atoms with E-state index in [4.69, 9.17) is 4.74 Å². The molecule has 0 unspecified atom stereocenters. The molecule has 0 saturated heterocycles. The van der Waals surface area contributed by atoms with E-state index in [9.17, 15) is 0 Å². The Kier molecular flexibility index (Phi) is 3.58. The van der Waals surface area contributed by atoms with E-state index in [0.29, 0.717) is 0 Å². The Hall–Kier alpha value is -1.05. The normalized spacial score (nSPS) is 9.83. The standard InChI is InChI=1S/C10H14NO/c1-3-8-12-10-9(4-2)6-5-7-11-10/h5-7H,2-4,8H2,1H3. The average molecular weight is 164 g/mol. The molecule has 0 aromatic carbocycles. The van der Waals surface area contributed by atoms with Crippen molar-refractivity contribution in [3.05, 3.63) is 30.8 Å². The molecule has 0 aliphatic carbocycles. The molecule has 0 spiro atoms. The highest BCUT2D eigenvalue weighted by Crippen LogP contribution is 2.14. The number of ether oxygens (including phenoxy) is 1. The number of pyridine rings is 1. The van der Waals surface area contributed by atoms with Crippen molar-refractivity contribution < 1.29 is 4.74 Å². The summed E-state index contributed by atoms with van der Waals surface area (Å²) in [7, 11) is 0. The molecule has 0 N–H and O–H groups in total. The lowest BCUT2D eigenvalue weighted by molar-refractivity contribution is 0.302. The lowest BCUT2D eigenvalue weighted by Crippen LogP contribution is -2.00. The van der Waals surface area contributed by atoms with Crippen molar-refractivity contribution in [1.82, 2.24) is 4.98 Å². The van der Waals surface area contributed by atoms with Gasteiger partial charge < -0.3 is 4.74 Å². The van der Waals surface area contributed by atoms with E-state index in [1.165, 1.54) is 0 Å². The van der Waals surface area contributed by atoms with Gasteiger partial charge in [-0.15, -0.1) is 0 Å². The molecule has 0 aliphatic rings. The molecule has 0 aliphatic heterocycles. The lowest BCUT2D eigenvalue weighted by Gasteiger charge is -2.06. The fourth-order valence-electron chi connectivity index (χ4n) is 0.943. The van der Waals surface area contributed by atoms with Crippen molar-refractivity contribution in [3.8, 4) is 5.88 Å². The zero-order valence-electron chi connectivity index (χ0n) is 7.42. The first-order valence-corrected chi connectivity index (χ1v) is 4.24. The Morgan fingerprint density at radius 3 is 3.08 bits per heavy atom. The minimum atomic E-state index is 0.726. The summed E-state index contributed by atoms with van der Waals surface area (Å²) >= 11 is 0. The van der Waals surface area contributed by atoms with Crippen LogP contribution >= 0.6 is 0 Å². The van der Waals surface area contributed by atoms with Crippen LogP contribution in [0.2, 0.25) is 0 Å². The molecule has 1 aromatic rings. The summed E-state index contributed by atoms with van der Waals surface area (Å²) in [5.41, 5.74) is 1.07. The molecule has 65 valence electrons. The molecule has 0 atom stereocenters. The maximum atomic E-state index is 5.43. The highest BCUT2D eigenvalue weighted by atomic mass is 16.5. The van der Waals surface area contributed by atoms with Gasteiger partial charge in [-0.2, -0.15) is 0 Å². The monoisotopic (exact) mass is 164 g/mol. The van der Waals surface area contributed by atoms with Crippen LogP contribution in [0.5, 0.6) is 5.88 Å². The molecule has 1 radical (unpaired) electrons. The topological polar surface area (TPSA) is 22.1 Å². The van der Waals surface area contributed by atoms with Crippen molar-refractivity contribution in [2.75, 3.05) is 6.61 Å². The van der Waals surface area contributed by atoms with Crippen LogP contribution in [-0.2, 0) is 6.42 Å². The van der Waals surface area contributed by atoms with Gasteiger partial charge in [0.15, 0.2) is 0 Å². The fourth-order valence-corrected chi connectivity index (χ4v) is 0.943. The second kappa shape index (κ2) is 4.75. The number of aromatic nitrogens is 1. The van der Waals surface area contributed by atoms with Gasteiger partial charge in [0.2, 0.25) is 5.88 Å². The summed E-state index contributed by atoms with van der Waals surface area (Å²) in [6, 6.07) is 3.89. The van der Waals surface area contributed by atoms with Crippen molar-refractivity contribution in [2.45, 2.75) is 19.8 Å². The van der Waals surface area contributed by atoms with E-state index < -0.39 is 0 Å². The third-order valence-corrected chi connectivity index (χ3v) is 1.56. The average Bonchev–Trinajstić information content (AvgIpc) is 2.15. The van der Waals surface area contributed by atoms with Crippen molar-refractivity contribution in [1.29, 1.82) is 0 Å². The van der Waals surface area contributed by atoms with E-state index in [1.807, 2.05) is 12.1 Å². The predicted molar refractivity (Wildman–Crippen MR) is 49.1 cm³/mol. The molecule has 0 bridgehead atoms. The summed E-state index contributed by atoms with van der Waals surface area (Å²) in [6.07, 6.45) is 3.48. The van der Waals surface area contributed by atoms with E-state index >= 15 is 0 Å². The number of hydrogen-bond acceptors (Lipinski definition) is 2. The van der Waals surface area contributed by atoms with Gasteiger partial charge in [-0.3, -0.25) is 0 Å². The van der Waals surface area contributed by atoms with Crippen LogP contribution in [0, 0.1) is 6.92 Å². The van der Waals surface area contributed by atoms with Crippen molar-refractivity contribution in [3.63, 3.8) is 0 Å². The van der Waals surface area contributed by atoms with Gasteiger partial charge in [-0.25, -0.2) is 4.98 Å². The molecular weight excluding hydrogens is 150 g/mol. The quantitative estimate of drug-likeness (QED) is 0.681. The Morgan fingerprint density at radius 1 is 1.58 bits per heavy atom. The van der Waals surface area contributed by atoms with Crippen LogP contribution in [0.3, 0.4) is 0 Å². The maximum Gasteiger partial charge on any atom is 0.216 e. The Labute approximate surface area is 73.6 Å². The fraction of sp³-hybridized carbons (Fsp3) is 0.400. The molecule has 1 aromatic heterocycles. The van der Waals surface area contributed by atoms with E-state index in [2.05, 4.69) is 18.8 Å². The SMILES string of the molecule is [CH2]Cc1cccnc1OCCC. The molecule has 0 amide bonds. The number of hydrogen-bond donors (Lipinski definition) is 0. The minimum Gasteiger partial charge on any atom is -0.477 e. The summed E-state index contributed by atoms with van der Waals surface area (Å²) in [5, 5.41) is 0.